The predicted molar refractivity (Wildman–Crippen MR) is 123 cm³/mol. The van der Waals surface area contributed by atoms with Gasteiger partial charge in [-0.05, 0) is 23.3 Å². The Morgan fingerprint density at radius 3 is 1.85 bits per heavy atom. The van der Waals surface area contributed by atoms with Crippen molar-refractivity contribution in [2.75, 3.05) is 26.6 Å². The van der Waals surface area contributed by atoms with Crippen LogP contribution >= 0.6 is 0 Å². The molecule has 4 rings (SSSR count). The molecule has 33 heavy (non-hydrogen) atoms. The van der Waals surface area contributed by atoms with Crippen LogP contribution in [0.25, 0.3) is 11.5 Å². The first kappa shape index (κ1) is 21.9. The summed E-state index contributed by atoms with van der Waals surface area (Å²) in [6, 6.07) is 22.4. The standard InChI is InChI=1S/C25H23N3O5/c1-30-19-14-18(15-20(31-2)22(19)32-3)24-27-28-25(33-24)26-23(29)21(16-10-6-4-7-11-16)17-12-8-5-9-13-17/h4-15,21H,1-3H3,(H,26,28,29). The average molecular weight is 445 g/mol. The molecule has 0 atom stereocenters. The van der Waals surface area contributed by atoms with Crippen LogP contribution in [0.2, 0.25) is 0 Å². The van der Waals surface area contributed by atoms with E-state index < -0.39 is 5.92 Å². The molecule has 1 amide bonds. The van der Waals surface area contributed by atoms with E-state index in [1.165, 1.54) is 21.3 Å². The van der Waals surface area contributed by atoms with Crippen molar-refractivity contribution in [3.05, 3.63) is 83.9 Å². The van der Waals surface area contributed by atoms with E-state index >= 15 is 0 Å². The molecule has 168 valence electrons. The third-order valence-corrected chi connectivity index (χ3v) is 5.09. The van der Waals surface area contributed by atoms with Crippen molar-refractivity contribution in [1.82, 2.24) is 10.2 Å². The van der Waals surface area contributed by atoms with Crippen LogP contribution in [0.3, 0.4) is 0 Å². The highest BCUT2D eigenvalue weighted by Gasteiger charge is 2.25. The zero-order valence-corrected chi connectivity index (χ0v) is 18.4. The second-order valence-electron chi connectivity index (χ2n) is 7.07. The molecule has 3 aromatic carbocycles. The smallest absolute Gasteiger partial charge is 0.322 e. The highest BCUT2D eigenvalue weighted by molar-refractivity contribution is 5.96. The number of rotatable bonds is 8. The molecule has 4 aromatic rings. The Labute approximate surface area is 191 Å². The summed E-state index contributed by atoms with van der Waals surface area (Å²) in [4.78, 5) is 13.2. The topological polar surface area (TPSA) is 95.7 Å². The summed E-state index contributed by atoms with van der Waals surface area (Å²) in [5, 5.41) is 10.8. The number of hydrogen-bond acceptors (Lipinski definition) is 7. The van der Waals surface area contributed by atoms with Gasteiger partial charge in [0, 0.05) is 5.56 Å². The summed E-state index contributed by atoms with van der Waals surface area (Å²) in [5.41, 5.74) is 2.26. The quantitative estimate of drug-likeness (QED) is 0.426. The molecule has 0 saturated carbocycles. The van der Waals surface area contributed by atoms with Crippen LogP contribution < -0.4 is 19.5 Å². The molecule has 8 nitrogen and oxygen atoms in total. The fraction of sp³-hybridized carbons (Fsp3) is 0.160. The van der Waals surface area contributed by atoms with Crippen LogP contribution in [0.15, 0.2) is 77.2 Å². The first-order valence-electron chi connectivity index (χ1n) is 10.2. The molecule has 0 radical (unpaired) electrons. The molecule has 8 heteroatoms. The number of ether oxygens (including phenoxy) is 3. The van der Waals surface area contributed by atoms with Gasteiger partial charge >= 0.3 is 6.01 Å². The minimum atomic E-state index is -0.538. The Morgan fingerprint density at radius 1 is 0.818 bits per heavy atom. The molecule has 1 N–H and O–H groups in total. The third kappa shape index (κ3) is 4.64. The van der Waals surface area contributed by atoms with Gasteiger partial charge in [-0.25, -0.2) is 0 Å². The average Bonchev–Trinajstić information content (AvgIpc) is 3.33. The maximum absolute atomic E-state index is 13.2. The number of amides is 1. The van der Waals surface area contributed by atoms with Crippen LogP contribution in [0.1, 0.15) is 17.0 Å². The van der Waals surface area contributed by atoms with Crippen LogP contribution in [0.4, 0.5) is 6.01 Å². The summed E-state index contributed by atoms with van der Waals surface area (Å²) in [5.74, 6) is 0.718. The molecular formula is C25H23N3O5. The molecule has 0 aliphatic heterocycles. The number of carbonyl (C=O) groups excluding carboxylic acids is 1. The van der Waals surface area contributed by atoms with Crippen molar-refractivity contribution in [1.29, 1.82) is 0 Å². The fourth-order valence-corrected chi connectivity index (χ4v) is 3.56. The van der Waals surface area contributed by atoms with E-state index in [-0.39, 0.29) is 17.8 Å². The molecule has 0 bridgehead atoms. The van der Waals surface area contributed by atoms with Crippen molar-refractivity contribution in [2.24, 2.45) is 0 Å². The lowest BCUT2D eigenvalue weighted by Gasteiger charge is -2.16. The molecule has 0 spiro atoms. The molecule has 1 heterocycles. The SMILES string of the molecule is COc1cc(-c2nnc(NC(=O)C(c3ccccc3)c3ccccc3)o2)cc(OC)c1OC. The van der Waals surface area contributed by atoms with Crippen LogP contribution in [-0.2, 0) is 4.79 Å². The number of anilines is 1. The van der Waals surface area contributed by atoms with E-state index in [1.54, 1.807) is 12.1 Å². The van der Waals surface area contributed by atoms with Gasteiger partial charge in [-0.1, -0.05) is 65.8 Å². The van der Waals surface area contributed by atoms with Gasteiger partial charge in [-0.15, -0.1) is 5.10 Å². The van der Waals surface area contributed by atoms with Crippen molar-refractivity contribution >= 4 is 11.9 Å². The zero-order chi connectivity index (χ0) is 23.2. The van der Waals surface area contributed by atoms with E-state index in [0.717, 1.165) is 11.1 Å². The van der Waals surface area contributed by atoms with E-state index in [2.05, 4.69) is 15.5 Å². The number of nitrogens with one attached hydrogen (secondary N) is 1. The van der Waals surface area contributed by atoms with Gasteiger partial charge < -0.3 is 18.6 Å². The minimum Gasteiger partial charge on any atom is -0.493 e. The molecule has 1 aromatic heterocycles. The van der Waals surface area contributed by atoms with Gasteiger partial charge in [0.15, 0.2) is 11.5 Å². The summed E-state index contributed by atoms with van der Waals surface area (Å²) in [7, 11) is 4.57. The van der Waals surface area contributed by atoms with E-state index in [1.807, 2.05) is 60.7 Å². The minimum absolute atomic E-state index is 0.0133. The second kappa shape index (κ2) is 9.86. The predicted octanol–water partition coefficient (Wildman–Crippen LogP) is 4.53. The first-order chi connectivity index (χ1) is 16.1. The molecule has 0 unspecified atom stereocenters. The third-order valence-electron chi connectivity index (χ3n) is 5.09. The van der Waals surface area contributed by atoms with Gasteiger partial charge in [0.05, 0.1) is 27.2 Å². The summed E-state index contributed by atoms with van der Waals surface area (Å²) >= 11 is 0. The van der Waals surface area contributed by atoms with Gasteiger partial charge in [-0.3, -0.25) is 10.1 Å². The lowest BCUT2D eigenvalue weighted by atomic mass is 9.90. The highest BCUT2D eigenvalue weighted by Crippen LogP contribution is 2.41. The Morgan fingerprint density at radius 2 is 1.36 bits per heavy atom. The van der Waals surface area contributed by atoms with Gasteiger partial charge in [-0.2, -0.15) is 0 Å². The highest BCUT2D eigenvalue weighted by atomic mass is 16.5. The maximum atomic E-state index is 13.2. The summed E-state index contributed by atoms with van der Waals surface area (Å²) < 4.78 is 21.8. The van der Waals surface area contributed by atoms with E-state index in [4.69, 9.17) is 18.6 Å². The molecule has 0 saturated heterocycles. The number of benzene rings is 3. The summed E-state index contributed by atoms with van der Waals surface area (Å²) in [6.07, 6.45) is 0. The molecule has 0 aliphatic carbocycles. The zero-order valence-electron chi connectivity index (χ0n) is 18.4. The van der Waals surface area contributed by atoms with E-state index in [0.29, 0.717) is 22.8 Å². The molecule has 0 fully saturated rings. The van der Waals surface area contributed by atoms with Crippen LogP contribution in [0.5, 0.6) is 17.2 Å². The Kier molecular flexibility index (Phi) is 6.54. The fourth-order valence-electron chi connectivity index (χ4n) is 3.56. The number of nitrogens with zero attached hydrogens (tertiary/aromatic N) is 2. The van der Waals surface area contributed by atoms with Crippen LogP contribution in [0, 0.1) is 0 Å². The Hall–Kier alpha value is -4.33. The van der Waals surface area contributed by atoms with Crippen molar-refractivity contribution < 1.29 is 23.4 Å². The Bertz CT molecular complexity index is 1160. The maximum Gasteiger partial charge on any atom is 0.322 e. The van der Waals surface area contributed by atoms with Gasteiger partial charge in [0.25, 0.3) is 0 Å². The number of carbonyl (C=O) groups is 1. The number of hydrogen-bond donors (Lipinski definition) is 1. The second-order valence-corrected chi connectivity index (χ2v) is 7.07. The van der Waals surface area contributed by atoms with Crippen molar-refractivity contribution in [3.8, 4) is 28.7 Å². The monoisotopic (exact) mass is 445 g/mol. The van der Waals surface area contributed by atoms with Crippen molar-refractivity contribution in [2.45, 2.75) is 5.92 Å². The van der Waals surface area contributed by atoms with Gasteiger partial charge in [0.2, 0.25) is 17.5 Å². The van der Waals surface area contributed by atoms with Crippen molar-refractivity contribution in [3.63, 3.8) is 0 Å². The molecule has 0 aliphatic rings. The Balaban J connectivity index is 1.62. The lowest BCUT2D eigenvalue weighted by Crippen LogP contribution is -2.22. The number of aromatic nitrogens is 2. The normalized spacial score (nSPS) is 10.7. The van der Waals surface area contributed by atoms with Crippen LogP contribution in [-0.4, -0.2) is 37.4 Å². The summed E-state index contributed by atoms with van der Waals surface area (Å²) in [6.45, 7) is 0. The first-order valence-corrected chi connectivity index (χ1v) is 10.2. The largest absolute Gasteiger partial charge is 0.493 e. The van der Waals surface area contributed by atoms with Gasteiger partial charge in [0.1, 0.15) is 0 Å². The van der Waals surface area contributed by atoms with E-state index in [9.17, 15) is 4.79 Å². The molecular weight excluding hydrogens is 422 g/mol. The number of methoxy groups -OCH3 is 3. The lowest BCUT2D eigenvalue weighted by molar-refractivity contribution is -0.116.